The summed E-state index contributed by atoms with van der Waals surface area (Å²) < 4.78 is 5.14. The summed E-state index contributed by atoms with van der Waals surface area (Å²) in [6.45, 7) is 4.58. The summed E-state index contributed by atoms with van der Waals surface area (Å²) in [5.41, 5.74) is 0.862. The number of aromatic nitrogens is 1. The predicted octanol–water partition coefficient (Wildman–Crippen LogP) is 3.03. The van der Waals surface area contributed by atoms with Crippen molar-refractivity contribution in [3.63, 3.8) is 0 Å². The van der Waals surface area contributed by atoms with E-state index in [1.807, 2.05) is 24.3 Å². The summed E-state index contributed by atoms with van der Waals surface area (Å²) in [5.74, 6) is 1.39. The van der Waals surface area contributed by atoms with Crippen LogP contribution in [0.5, 0.6) is 5.75 Å². The summed E-state index contributed by atoms with van der Waals surface area (Å²) in [7, 11) is 1.62. The lowest BCUT2D eigenvalue weighted by molar-refractivity contribution is 0.0218. The standard InChI is InChI=1S/C19H23N3O2S/c1-12-18(13-7-9-22(12)10-8-13)21-19(23)17-6-5-16(25-17)15-4-3-14(24-2)11-20-15/h3-6,11-13,18H,7-10H2,1-2H3,(H,21,23). The molecule has 3 fully saturated rings. The van der Waals surface area contributed by atoms with Crippen molar-refractivity contribution in [3.8, 4) is 16.3 Å². The summed E-state index contributed by atoms with van der Waals surface area (Å²) in [5, 5.41) is 3.29. The molecule has 3 saturated heterocycles. The molecule has 3 aliphatic heterocycles. The Hall–Kier alpha value is -1.92. The normalized spacial score (nSPS) is 27.9. The molecule has 5 nitrogen and oxygen atoms in total. The van der Waals surface area contributed by atoms with E-state index in [4.69, 9.17) is 4.74 Å². The maximum Gasteiger partial charge on any atom is 0.261 e. The second-order valence-corrected chi connectivity index (χ2v) is 7.94. The second kappa shape index (κ2) is 6.77. The van der Waals surface area contributed by atoms with Crippen molar-refractivity contribution >= 4 is 17.2 Å². The van der Waals surface area contributed by atoms with Crippen molar-refractivity contribution in [3.05, 3.63) is 35.3 Å². The summed E-state index contributed by atoms with van der Waals surface area (Å²) in [6, 6.07) is 8.36. The zero-order chi connectivity index (χ0) is 17.4. The van der Waals surface area contributed by atoms with Crippen molar-refractivity contribution < 1.29 is 9.53 Å². The minimum Gasteiger partial charge on any atom is -0.495 e. The number of ether oxygens (including phenoxy) is 1. The summed E-state index contributed by atoms with van der Waals surface area (Å²) in [6.07, 6.45) is 4.09. The first-order valence-electron chi connectivity index (χ1n) is 8.81. The van der Waals surface area contributed by atoms with Gasteiger partial charge in [0.1, 0.15) is 5.75 Å². The van der Waals surface area contributed by atoms with Gasteiger partial charge in [-0.25, -0.2) is 0 Å². The first kappa shape index (κ1) is 16.5. The lowest BCUT2D eigenvalue weighted by Gasteiger charge is -2.49. The van der Waals surface area contributed by atoms with Gasteiger partial charge in [-0.05, 0) is 63.0 Å². The molecule has 5 heterocycles. The lowest BCUT2D eigenvalue weighted by atomic mass is 9.79. The number of methoxy groups -OCH3 is 1. The molecule has 132 valence electrons. The molecule has 2 atom stereocenters. The zero-order valence-corrected chi connectivity index (χ0v) is 15.4. The van der Waals surface area contributed by atoms with Crippen LogP contribution < -0.4 is 10.1 Å². The van der Waals surface area contributed by atoms with E-state index < -0.39 is 0 Å². The molecule has 0 aliphatic carbocycles. The van der Waals surface area contributed by atoms with E-state index in [2.05, 4.69) is 22.1 Å². The number of carbonyl (C=O) groups is 1. The number of amides is 1. The number of pyridine rings is 1. The fourth-order valence-electron chi connectivity index (χ4n) is 4.01. The second-order valence-electron chi connectivity index (χ2n) is 6.86. The minimum atomic E-state index is 0.0374. The first-order chi connectivity index (χ1) is 12.2. The minimum absolute atomic E-state index is 0.0374. The average Bonchev–Trinajstić information content (AvgIpc) is 3.15. The van der Waals surface area contributed by atoms with Crippen LogP contribution in [-0.4, -0.2) is 48.1 Å². The monoisotopic (exact) mass is 357 g/mol. The van der Waals surface area contributed by atoms with Crippen molar-refractivity contribution in [1.29, 1.82) is 0 Å². The Morgan fingerprint density at radius 1 is 1.28 bits per heavy atom. The Kier molecular flexibility index (Phi) is 4.48. The molecule has 25 heavy (non-hydrogen) atoms. The largest absolute Gasteiger partial charge is 0.495 e. The number of rotatable bonds is 4. The van der Waals surface area contributed by atoms with Gasteiger partial charge in [-0.15, -0.1) is 11.3 Å². The number of carbonyl (C=O) groups excluding carboxylic acids is 1. The molecule has 5 rings (SSSR count). The van der Waals surface area contributed by atoms with Gasteiger partial charge in [0.15, 0.2) is 0 Å². The number of hydrogen-bond acceptors (Lipinski definition) is 5. The van der Waals surface area contributed by atoms with Gasteiger partial charge in [0.2, 0.25) is 0 Å². The van der Waals surface area contributed by atoms with Gasteiger partial charge in [-0.2, -0.15) is 0 Å². The van der Waals surface area contributed by atoms with Crippen molar-refractivity contribution in [2.45, 2.75) is 31.8 Å². The number of thiophene rings is 1. The third kappa shape index (κ3) is 3.16. The third-order valence-corrected chi connectivity index (χ3v) is 6.64. The molecule has 2 bridgehead atoms. The summed E-state index contributed by atoms with van der Waals surface area (Å²) in [4.78, 5) is 21.4. The Morgan fingerprint density at radius 3 is 2.72 bits per heavy atom. The van der Waals surface area contributed by atoms with E-state index in [-0.39, 0.29) is 11.9 Å². The van der Waals surface area contributed by atoms with Gasteiger partial charge < -0.3 is 10.1 Å². The van der Waals surface area contributed by atoms with Crippen LogP contribution in [0.3, 0.4) is 0 Å². The molecule has 0 aromatic carbocycles. The molecule has 2 aromatic rings. The maximum absolute atomic E-state index is 12.7. The molecule has 6 heteroatoms. The molecule has 2 unspecified atom stereocenters. The molecule has 1 amide bonds. The Morgan fingerprint density at radius 2 is 2.08 bits per heavy atom. The number of hydrogen-bond donors (Lipinski definition) is 1. The van der Waals surface area contributed by atoms with Gasteiger partial charge in [-0.1, -0.05) is 0 Å². The van der Waals surface area contributed by atoms with E-state index in [9.17, 15) is 4.79 Å². The van der Waals surface area contributed by atoms with Crippen LogP contribution in [0.15, 0.2) is 30.5 Å². The number of nitrogens with zero attached hydrogens (tertiary/aromatic N) is 2. The highest BCUT2D eigenvalue weighted by molar-refractivity contribution is 7.17. The molecule has 3 aliphatic rings. The van der Waals surface area contributed by atoms with E-state index in [1.54, 1.807) is 13.3 Å². The average molecular weight is 357 g/mol. The van der Waals surface area contributed by atoms with Gasteiger partial charge >= 0.3 is 0 Å². The van der Waals surface area contributed by atoms with E-state index in [1.165, 1.54) is 37.3 Å². The highest BCUT2D eigenvalue weighted by Gasteiger charge is 2.40. The van der Waals surface area contributed by atoms with Crippen LogP contribution in [0.4, 0.5) is 0 Å². The number of fused-ring (bicyclic) bond motifs is 3. The lowest BCUT2D eigenvalue weighted by Crippen LogP contribution is -2.62. The van der Waals surface area contributed by atoms with Crippen LogP contribution >= 0.6 is 11.3 Å². The van der Waals surface area contributed by atoms with Crippen molar-refractivity contribution in [2.75, 3.05) is 20.2 Å². The highest BCUT2D eigenvalue weighted by atomic mass is 32.1. The third-order valence-electron chi connectivity index (χ3n) is 5.53. The summed E-state index contributed by atoms with van der Waals surface area (Å²) >= 11 is 1.49. The molecule has 0 radical (unpaired) electrons. The van der Waals surface area contributed by atoms with Crippen LogP contribution in [0.1, 0.15) is 29.4 Å². The molecular formula is C19H23N3O2S. The Bertz CT molecular complexity index is 748. The van der Waals surface area contributed by atoms with Gasteiger partial charge in [0.25, 0.3) is 5.91 Å². The van der Waals surface area contributed by atoms with Crippen LogP contribution in [-0.2, 0) is 0 Å². The van der Waals surface area contributed by atoms with Crippen LogP contribution in [0.2, 0.25) is 0 Å². The van der Waals surface area contributed by atoms with Crippen LogP contribution in [0, 0.1) is 5.92 Å². The quantitative estimate of drug-likeness (QED) is 0.914. The Balaban J connectivity index is 1.47. The molecule has 0 spiro atoms. The number of piperidine rings is 3. The molecular weight excluding hydrogens is 334 g/mol. The van der Waals surface area contributed by atoms with E-state index in [0.717, 1.165) is 21.2 Å². The number of nitrogens with one attached hydrogen (secondary N) is 1. The van der Waals surface area contributed by atoms with E-state index in [0.29, 0.717) is 12.0 Å². The Labute approximate surface area is 152 Å². The topological polar surface area (TPSA) is 54.5 Å². The molecule has 1 N–H and O–H groups in total. The van der Waals surface area contributed by atoms with Crippen LogP contribution in [0.25, 0.3) is 10.6 Å². The highest BCUT2D eigenvalue weighted by Crippen LogP contribution is 2.33. The van der Waals surface area contributed by atoms with Gasteiger partial charge in [0.05, 0.1) is 28.8 Å². The smallest absolute Gasteiger partial charge is 0.261 e. The zero-order valence-electron chi connectivity index (χ0n) is 14.6. The predicted molar refractivity (Wildman–Crippen MR) is 99.1 cm³/mol. The molecule has 0 saturated carbocycles. The maximum atomic E-state index is 12.7. The SMILES string of the molecule is COc1ccc(-c2ccc(C(=O)NC3C4CCN(CC4)C3C)s2)nc1. The van der Waals surface area contributed by atoms with Gasteiger partial charge in [0, 0.05) is 12.1 Å². The van der Waals surface area contributed by atoms with Crippen molar-refractivity contribution in [2.24, 2.45) is 5.92 Å². The fourth-order valence-corrected chi connectivity index (χ4v) is 4.90. The van der Waals surface area contributed by atoms with Gasteiger partial charge in [-0.3, -0.25) is 14.7 Å². The fraction of sp³-hybridized carbons (Fsp3) is 0.474. The molecule has 2 aromatic heterocycles. The van der Waals surface area contributed by atoms with E-state index >= 15 is 0 Å². The van der Waals surface area contributed by atoms with Crippen molar-refractivity contribution in [1.82, 2.24) is 15.2 Å². The first-order valence-corrected chi connectivity index (χ1v) is 9.62.